The molecular weight excluding hydrogens is 464 g/mol. The first-order chi connectivity index (χ1) is 15.7. The Morgan fingerprint density at radius 3 is 2.61 bits per heavy atom. The summed E-state index contributed by atoms with van der Waals surface area (Å²) in [5, 5.41) is 29.6. The quantitative estimate of drug-likeness (QED) is 0.430. The number of sulfone groups is 1. The number of phenolic OH excluding ortho intramolecular Hbond substituents is 1. The molecule has 6 nitrogen and oxygen atoms in total. The summed E-state index contributed by atoms with van der Waals surface area (Å²) in [6, 6.07) is 13.8. The summed E-state index contributed by atoms with van der Waals surface area (Å²) in [6.07, 6.45) is 2.42. The molecule has 0 spiro atoms. The second kappa shape index (κ2) is 11.2. The Kier molecular flexibility index (Phi) is 8.59. The smallest absolute Gasteiger partial charge is 0.163 e. The summed E-state index contributed by atoms with van der Waals surface area (Å²) in [7, 11) is -3.61. The molecule has 33 heavy (non-hydrogen) atoms. The molecular formula is C25H29ClO6S. The molecule has 0 aromatic heterocycles. The molecule has 1 aliphatic heterocycles. The van der Waals surface area contributed by atoms with Gasteiger partial charge in [-0.15, -0.1) is 0 Å². The molecule has 3 rings (SSSR count). The van der Waals surface area contributed by atoms with E-state index in [-0.39, 0.29) is 18.1 Å². The topological polar surface area (TPSA) is 104 Å². The minimum Gasteiger partial charge on any atom is -0.508 e. The standard InChI is InChI=1S/C25H29ClO6S/c1-2-17(12-18-9-10-20(28)13-22(18)26)8-11-23(29)25-19(16-33(30,31)24(25)14-27)15-32-21-6-4-3-5-7-21/h3-7,9-10,12-13,23-24,27-29H,2,8,11,14-16H2,1H3/b17-12+/t23-,24+/m1/s1. The van der Waals surface area contributed by atoms with Crippen LogP contribution in [0.3, 0.4) is 0 Å². The van der Waals surface area contributed by atoms with Gasteiger partial charge in [0.05, 0.1) is 23.5 Å². The summed E-state index contributed by atoms with van der Waals surface area (Å²) in [5.74, 6) is 0.447. The van der Waals surface area contributed by atoms with Crippen LogP contribution in [0.4, 0.5) is 0 Å². The second-order valence-electron chi connectivity index (χ2n) is 8.06. The highest BCUT2D eigenvalue weighted by molar-refractivity contribution is 7.92. The Morgan fingerprint density at radius 2 is 1.97 bits per heavy atom. The van der Waals surface area contributed by atoms with Crippen LogP contribution in [0.5, 0.6) is 11.5 Å². The van der Waals surface area contributed by atoms with E-state index in [4.69, 9.17) is 16.3 Å². The number of para-hydroxylation sites is 1. The average molecular weight is 493 g/mol. The molecule has 8 heteroatoms. The van der Waals surface area contributed by atoms with Gasteiger partial charge in [-0.05, 0) is 66.3 Å². The number of halogens is 1. The number of ether oxygens (including phenoxy) is 1. The molecule has 0 aliphatic carbocycles. The maximum absolute atomic E-state index is 12.6. The zero-order chi connectivity index (χ0) is 24.0. The number of aliphatic hydroxyl groups excluding tert-OH is 2. The van der Waals surface area contributed by atoms with Crippen molar-refractivity contribution in [2.24, 2.45) is 0 Å². The summed E-state index contributed by atoms with van der Waals surface area (Å²) in [5.41, 5.74) is 2.61. The van der Waals surface area contributed by atoms with Crippen molar-refractivity contribution in [3.63, 3.8) is 0 Å². The van der Waals surface area contributed by atoms with E-state index in [0.29, 0.717) is 41.2 Å². The van der Waals surface area contributed by atoms with Gasteiger partial charge in [-0.2, -0.15) is 0 Å². The third kappa shape index (κ3) is 6.38. The minimum atomic E-state index is -3.61. The number of hydrogen-bond donors (Lipinski definition) is 3. The Labute approximate surface area is 199 Å². The first-order valence-corrected chi connectivity index (χ1v) is 12.9. The monoisotopic (exact) mass is 492 g/mol. The number of aromatic hydroxyl groups is 1. The van der Waals surface area contributed by atoms with Crippen LogP contribution in [0.25, 0.3) is 6.08 Å². The minimum absolute atomic E-state index is 0.0335. The molecule has 1 heterocycles. The molecule has 0 unspecified atom stereocenters. The van der Waals surface area contributed by atoms with Crippen LogP contribution in [-0.4, -0.2) is 54.1 Å². The predicted octanol–water partition coefficient (Wildman–Crippen LogP) is 4.15. The molecule has 0 saturated carbocycles. The molecule has 2 atom stereocenters. The van der Waals surface area contributed by atoms with Gasteiger partial charge in [0.15, 0.2) is 9.84 Å². The number of aliphatic hydroxyl groups is 2. The van der Waals surface area contributed by atoms with Crippen LogP contribution in [-0.2, 0) is 9.84 Å². The number of hydrogen-bond acceptors (Lipinski definition) is 6. The third-order valence-corrected chi connectivity index (χ3v) is 8.13. The number of phenols is 1. The summed E-state index contributed by atoms with van der Waals surface area (Å²) >= 11 is 6.20. The highest BCUT2D eigenvalue weighted by atomic mass is 35.5. The second-order valence-corrected chi connectivity index (χ2v) is 10.6. The fourth-order valence-electron chi connectivity index (χ4n) is 4.00. The Balaban J connectivity index is 1.78. The van der Waals surface area contributed by atoms with Crippen molar-refractivity contribution in [3.05, 3.63) is 75.8 Å². The van der Waals surface area contributed by atoms with E-state index in [9.17, 15) is 23.7 Å². The summed E-state index contributed by atoms with van der Waals surface area (Å²) in [6.45, 7) is 1.44. The largest absolute Gasteiger partial charge is 0.508 e. The highest BCUT2D eigenvalue weighted by Gasteiger charge is 2.41. The van der Waals surface area contributed by atoms with Gasteiger partial charge in [0.25, 0.3) is 0 Å². The number of rotatable bonds is 10. The van der Waals surface area contributed by atoms with Crippen molar-refractivity contribution in [1.29, 1.82) is 0 Å². The average Bonchev–Trinajstić information content (AvgIpc) is 3.06. The van der Waals surface area contributed by atoms with Gasteiger partial charge in [0, 0.05) is 0 Å². The molecule has 0 radical (unpaired) electrons. The van der Waals surface area contributed by atoms with Crippen LogP contribution in [0.2, 0.25) is 5.02 Å². The van der Waals surface area contributed by atoms with Gasteiger partial charge < -0.3 is 20.1 Å². The molecule has 0 fully saturated rings. The van der Waals surface area contributed by atoms with E-state index in [0.717, 1.165) is 11.1 Å². The van der Waals surface area contributed by atoms with Crippen molar-refractivity contribution < 1.29 is 28.5 Å². The number of benzene rings is 2. The van der Waals surface area contributed by atoms with Crippen molar-refractivity contribution in [2.75, 3.05) is 19.0 Å². The lowest BCUT2D eigenvalue weighted by atomic mass is 9.94. The first-order valence-electron chi connectivity index (χ1n) is 10.8. The van der Waals surface area contributed by atoms with E-state index in [1.165, 1.54) is 6.07 Å². The van der Waals surface area contributed by atoms with Crippen LogP contribution in [0.15, 0.2) is 65.3 Å². The van der Waals surface area contributed by atoms with Gasteiger partial charge in [0.2, 0.25) is 0 Å². The molecule has 1 aliphatic rings. The Hall–Kier alpha value is -2.32. The fourth-order valence-corrected chi connectivity index (χ4v) is 6.11. The van der Waals surface area contributed by atoms with Crippen LogP contribution < -0.4 is 4.74 Å². The lowest BCUT2D eigenvalue weighted by Crippen LogP contribution is -2.29. The molecule has 0 amide bonds. The summed E-state index contributed by atoms with van der Waals surface area (Å²) < 4.78 is 31.0. The molecule has 2 aromatic carbocycles. The zero-order valence-electron chi connectivity index (χ0n) is 18.4. The fraction of sp³-hybridized carbons (Fsp3) is 0.360. The van der Waals surface area contributed by atoms with Crippen LogP contribution >= 0.6 is 11.6 Å². The SMILES string of the molecule is CC/C(=C\c1ccc(O)cc1Cl)CC[C@@H](O)C1=C(COc2ccccc2)CS(=O)(=O)[C@H]1CO. The maximum atomic E-state index is 12.6. The van der Waals surface area contributed by atoms with Gasteiger partial charge in [-0.1, -0.05) is 48.4 Å². The van der Waals surface area contributed by atoms with Gasteiger partial charge >= 0.3 is 0 Å². The molecule has 178 valence electrons. The van der Waals surface area contributed by atoms with Gasteiger partial charge in [0.1, 0.15) is 23.4 Å². The molecule has 2 aromatic rings. The zero-order valence-corrected chi connectivity index (χ0v) is 20.0. The van der Waals surface area contributed by atoms with Crippen molar-refractivity contribution in [1.82, 2.24) is 0 Å². The normalized spacial score (nSPS) is 19.0. The lowest BCUT2D eigenvalue weighted by molar-refractivity contribution is 0.187. The molecule has 3 N–H and O–H groups in total. The van der Waals surface area contributed by atoms with Crippen molar-refractivity contribution >= 4 is 27.5 Å². The third-order valence-electron chi connectivity index (χ3n) is 5.78. The van der Waals surface area contributed by atoms with Crippen molar-refractivity contribution in [2.45, 2.75) is 37.5 Å². The van der Waals surface area contributed by atoms with Crippen LogP contribution in [0, 0.1) is 0 Å². The van der Waals surface area contributed by atoms with Gasteiger partial charge in [-0.3, -0.25) is 0 Å². The summed E-state index contributed by atoms with van der Waals surface area (Å²) in [4.78, 5) is 0. The van der Waals surface area contributed by atoms with E-state index >= 15 is 0 Å². The van der Waals surface area contributed by atoms with Crippen molar-refractivity contribution in [3.8, 4) is 11.5 Å². The van der Waals surface area contributed by atoms with Crippen LogP contribution in [0.1, 0.15) is 31.7 Å². The van der Waals surface area contributed by atoms with E-state index < -0.39 is 27.8 Å². The van der Waals surface area contributed by atoms with E-state index in [2.05, 4.69) is 0 Å². The first kappa shape index (κ1) is 25.3. The lowest BCUT2D eigenvalue weighted by Gasteiger charge is -2.20. The predicted molar refractivity (Wildman–Crippen MR) is 130 cm³/mol. The molecule has 0 saturated heterocycles. The van der Waals surface area contributed by atoms with E-state index in [1.54, 1.807) is 24.3 Å². The number of allylic oxidation sites excluding steroid dienone is 1. The maximum Gasteiger partial charge on any atom is 0.163 e. The van der Waals surface area contributed by atoms with E-state index in [1.807, 2.05) is 31.2 Å². The Bertz CT molecular complexity index is 1120. The highest BCUT2D eigenvalue weighted by Crippen LogP contribution is 2.33. The van der Waals surface area contributed by atoms with Gasteiger partial charge in [-0.25, -0.2) is 8.42 Å². The molecule has 0 bridgehead atoms. The Morgan fingerprint density at radius 1 is 1.24 bits per heavy atom.